The van der Waals surface area contributed by atoms with Crippen molar-refractivity contribution in [1.29, 1.82) is 0 Å². The van der Waals surface area contributed by atoms with Gasteiger partial charge in [0.05, 0.1) is 6.61 Å². The highest BCUT2D eigenvalue weighted by Crippen LogP contribution is 2.36. The molecule has 112 valence electrons. The molecule has 2 aliphatic rings. The van der Waals surface area contributed by atoms with Crippen molar-refractivity contribution in [2.24, 2.45) is 5.41 Å². The molecule has 19 heavy (non-hydrogen) atoms. The third-order valence-electron chi connectivity index (χ3n) is 4.90. The lowest BCUT2D eigenvalue weighted by Crippen LogP contribution is -2.44. The average Bonchev–Trinajstić information content (AvgIpc) is 2.81. The molecule has 1 saturated carbocycles. The van der Waals surface area contributed by atoms with E-state index in [9.17, 15) is 0 Å². The van der Waals surface area contributed by atoms with Crippen LogP contribution in [0.15, 0.2) is 0 Å². The first-order valence-corrected chi connectivity index (χ1v) is 8.27. The van der Waals surface area contributed by atoms with Crippen LogP contribution in [-0.4, -0.2) is 51.3 Å². The minimum Gasteiger partial charge on any atom is -0.383 e. The molecule has 1 aliphatic heterocycles. The summed E-state index contributed by atoms with van der Waals surface area (Å²) in [5, 5.41) is 3.65. The number of likely N-dealkylation sites (tertiary alicyclic amines) is 1. The lowest BCUT2D eigenvalue weighted by atomic mass is 9.79. The maximum Gasteiger partial charge on any atom is 0.0587 e. The van der Waals surface area contributed by atoms with Gasteiger partial charge in [-0.15, -0.1) is 0 Å². The summed E-state index contributed by atoms with van der Waals surface area (Å²) in [4.78, 5) is 2.71. The molecule has 0 radical (unpaired) electrons. The Hall–Kier alpha value is -0.120. The Kier molecular flexibility index (Phi) is 6.62. The molecule has 3 heteroatoms. The monoisotopic (exact) mass is 268 g/mol. The number of nitrogens with one attached hydrogen (secondary N) is 1. The Bertz CT molecular complexity index is 231. The van der Waals surface area contributed by atoms with E-state index in [0.717, 1.165) is 13.2 Å². The van der Waals surface area contributed by atoms with Gasteiger partial charge in [-0.1, -0.05) is 25.7 Å². The van der Waals surface area contributed by atoms with Gasteiger partial charge in [0, 0.05) is 26.7 Å². The molecule has 3 nitrogen and oxygen atoms in total. The minimum atomic E-state index is 0.536. The van der Waals surface area contributed by atoms with Gasteiger partial charge >= 0.3 is 0 Å². The van der Waals surface area contributed by atoms with E-state index in [0.29, 0.717) is 5.41 Å². The summed E-state index contributed by atoms with van der Waals surface area (Å²) in [6.07, 6.45) is 11.4. The highest BCUT2D eigenvalue weighted by molar-refractivity contribution is 4.88. The fourth-order valence-corrected chi connectivity index (χ4v) is 3.81. The van der Waals surface area contributed by atoms with Gasteiger partial charge in [-0.05, 0) is 44.2 Å². The number of rotatable bonds is 7. The predicted octanol–water partition coefficient (Wildman–Crippen LogP) is 2.66. The van der Waals surface area contributed by atoms with Gasteiger partial charge in [0.15, 0.2) is 0 Å². The zero-order valence-corrected chi connectivity index (χ0v) is 12.8. The Morgan fingerprint density at radius 2 is 1.68 bits per heavy atom. The maximum absolute atomic E-state index is 5.15. The molecule has 1 aliphatic carbocycles. The number of hydrogen-bond acceptors (Lipinski definition) is 3. The van der Waals surface area contributed by atoms with Crippen LogP contribution in [0.4, 0.5) is 0 Å². The van der Waals surface area contributed by atoms with E-state index in [1.54, 1.807) is 7.11 Å². The van der Waals surface area contributed by atoms with Crippen molar-refractivity contribution in [3.63, 3.8) is 0 Å². The lowest BCUT2D eigenvalue weighted by molar-refractivity contribution is 0.138. The second kappa shape index (κ2) is 8.23. The van der Waals surface area contributed by atoms with Crippen LogP contribution in [0.3, 0.4) is 0 Å². The van der Waals surface area contributed by atoms with Crippen molar-refractivity contribution < 1.29 is 4.74 Å². The number of ether oxygens (including phenoxy) is 1. The summed E-state index contributed by atoms with van der Waals surface area (Å²) in [6, 6.07) is 0. The molecule has 0 aromatic carbocycles. The highest BCUT2D eigenvalue weighted by atomic mass is 16.5. The normalized spacial score (nSPS) is 24.5. The largest absolute Gasteiger partial charge is 0.383 e. The molecule has 0 atom stereocenters. The van der Waals surface area contributed by atoms with Gasteiger partial charge in [0.1, 0.15) is 0 Å². The van der Waals surface area contributed by atoms with Gasteiger partial charge in [-0.3, -0.25) is 0 Å². The van der Waals surface area contributed by atoms with Crippen molar-refractivity contribution in [3.8, 4) is 0 Å². The molecular formula is C16H32N2O. The second-order valence-corrected chi connectivity index (χ2v) is 6.57. The molecule has 0 amide bonds. The SMILES string of the molecule is COCCNCC1(CN2CCCC2)CCCCCC1. The van der Waals surface area contributed by atoms with Crippen LogP contribution in [0.5, 0.6) is 0 Å². The van der Waals surface area contributed by atoms with E-state index in [1.165, 1.54) is 77.5 Å². The first-order valence-electron chi connectivity index (χ1n) is 8.27. The van der Waals surface area contributed by atoms with E-state index in [-0.39, 0.29) is 0 Å². The van der Waals surface area contributed by atoms with Crippen LogP contribution in [0.25, 0.3) is 0 Å². The zero-order valence-electron chi connectivity index (χ0n) is 12.8. The van der Waals surface area contributed by atoms with Crippen molar-refractivity contribution in [3.05, 3.63) is 0 Å². The molecule has 0 aromatic heterocycles. The molecule has 2 rings (SSSR count). The lowest BCUT2D eigenvalue weighted by Gasteiger charge is -2.37. The predicted molar refractivity (Wildman–Crippen MR) is 80.6 cm³/mol. The molecular weight excluding hydrogens is 236 g/mol. The highest BCUT2D eigenvalue weighted by Gasteiger charge is 2.33. The van der Waals surface area contributed by atoms with Crippen LogP contribution in [0, 0.1) is 5.41 Å². The molecule has 0 aromatic rings. The molecule has 1 N–H and O–H groups in total. The van der Waals surface area contributed by atoms with Crippen LogP contribution in [-0.2, 0) is 4.74 Å². The number of nitrogens with zero attached hydrogens (tertiary/aromatic N) is 1. The minimum absolute atomic E-state index is 0.536. The smallest absolute Gasteiger partial charge is 0.0587 e. The van der Waals surface area contributed by atoms with Gasteiger partial charge in [0.2, 0.25) is 0 Å². The fraction of sp³-hybridized carbons (Fsp3) is 1.00. The third-order valence-corrected chi connectivity index (χ3v) is 4.90. The van der Waals surface area contributed by atoms with Crippen molar-refractivity contribution in [2.75, 3.05) is 46.4 Å². The first kappa shape index (κ1) is 15.3. The van der Waals surface area contributed by atoms with Crippen LogP contribution in [0.2, 0.25) is 0 Å². The zero-order chi connectivity index (χ0) is 13.4. The summed E-state index contributed by atoms with van der Waals surface area (Å²) >= 11 is 0. The van der Waals surface area contributed by atoms with Gasteiger partial charge in [0.25, 0.3) is 0 Å². The summed E-state index contributed by atoms with van der Waals surface area (Å²) in [5.74, 6) is 0. The van der Waals surface area contributed by atoms with E-state index in [4.69, 9.17) is 4.74 Å². The maximum atomic E-state index is 5.15. The standard InChI is InChI=1S/C16H32N2O/c1-19-13-10-17-14-16(8-4-2-3-5-9-16)15-18-11-6-7-12-18/h17H,2-15H2,1H3. The Labute approximate surface area is 119 Å². The summed E-state index contributed by atoms with van der Waals surface area (Å²) < 4.78 is 5.15. The van der Waals surface area contributed by atoms with Gasteiger partial charge < -0.3 is 15.0 Å². The molecule has 1 heterocycles. The van der Waals surface area contributed by atoms with Gasteiger partial charge in [-0.25, -0.2) is 0 Å². The summed E-state index contributed by atoms with van der Waals surface area (Å²) in [7, 11) is 1.79. The van der Waals surface area contributed by atoms with Crippen molar-refractivity contribution in [2.45, 2.75) is 51.4 Å². The molecule has 2 fully saturated rings. The van der Waals surface area contributed by atoms with Crippen LogP contribution >= 0.6 is 0 Å². The van der Waals surface area contributed by atoms with Crippen molar-refractivity contribution in [1.82, 2.24) is 10.2 Å². The molecule has 0 bridgehead atoms. The van der Waals surface area contributed by atoms with E-state index >= 15 is 0 Å². The summed E-state index contributed by atoms with van der Waals surface area (Å²) in [6.45, 7) is 7.01. The third kappa shape index (κ3) is 5.05. The first-order chi connectivity index (χ1) is 9.35. The Morgan fingerprint density at radius 1 is 1.00 bits per heavy atom. The van der Waals surface area contributed by atoms with E-state index in [1.807, 2.05) is 0 Å². The Morgan fingerprint density at radius 3 is 2.32 bits per heavy atom. The Balaban J connectivity index is 1.86. The second-order valence-electron chi connectivity index (χ2n) is 6.57. The topological polar surface area (TPSA) is 24.5 Å². The summed E-state index contributed by atoms with van der Waals surface area (Å²) in [5.41, 5.74) is 0.536. The average molecular weight is 268 g/mol. The molecule has 1 saturated heterocycles. The number of hydrogen-bond donors (Lipinski definition) is 1. The number of methoxy groups -OCH3 is 1. The quantitative estimate of drug-likeness (QED) is 0.567. The van der Waals surface area contributed by atoms with Crippen LogP contribution in [0.1, 0.15) is 51.4 Å². The fourth-order valence-electron chi connectivity index (χ4n) is 3.81. The molecule has 0 unspecified atom stereocenters. The van der Waals surface area contributed by atoms with Gasteiger partial charge in [-0.2, -0.15) is 0 Å². The van der Waals surface area contributed by atoms with E-state index in [2.05, 4.69) is 10.2 Å². The van der Waals surface area contributed by atoms with Crippen molar-refractivity contribution >= 4 is 0 Å². The van der Waals surface area contributed by atoms with E-state index < -0.39 is 0 Å². The van der Waals surface area contributed by atoms with Crippen LogP contribution < -0.4 is 5.32 Å². The molecule has 0 spiro atoms.